The number of carbonyl (C=O) groups is 2. The fraction of sp³-hybridized carbons (Fsp3) is 0.172. The third kappa shape index (κ3) is 4.20. The van der Waals surface area contributed by atoms with Crippen LogP contribution in [0.1, 0.15) is 22.7 Å². The number of aromatic nitrogens is 1. The van der Waals surface area contributed by atoms with E-state index >= 15 is 0 Å². The molecule has 1 aromatic heterocycles. The van der Waals surface area contributed by atoms with Crippen LogP contribution in [-0.2, 0) is 16.0 Å². The summed E-state index contributed by atoms with van der Waals surface area (Å²) in [6.07, 6.45) is 2.14. The number of ketones is 1. The quantitative estimate of drug-likeness (QED) is 0.212. The van der Waals surface area contributed by atoms with Gasteiger partial charge in [-0.2, -0.15) is 0 Å². The monoisotopic (exact) mass is 500 g/mol. The lowest BCUT2D eigenvalue weighted by Gasteiger charge is -2.25. The first kappa shape index (κ1) is 24.1. The molecular weight excluding hydrogens is 475 g/mol. The SMILES string of the molecule is COc1cccc(OC)c1/C(O)=C1\C(=O)C(=O)N(CCc2ccc(F)cc2)C1c1c[nH]c2ccccc12. The number of carbonyl (C=O) groups excluding carboxylic acids is 2. The van der Waals surface area contributed by atoms with Gasteiger partial charge in [0.1, 0.15) is 28.6 Å². The standard InChI is InChI=1S/C29H25FN2O5/c1-36-22-8-5-9-23(37-2)24(22)27(33)25-26(20-16-31-21-7-4-3-6-19(20)21)32(29(35)28(25)34)15-14-17-10-12-18(30)13-11-17/h3-13,16,26,31,33H,14-15H2,1-2H3/b27-25+. The van der Waals surface area contributed by atoms with Crippen LogP contribution >= 0.6 is 0 Å². The molecule has 1 atom stereocenters. The number of rotatable bonds is 7. The maximum absolute atomic E-state index is 13.5. The first-order valence-corrected chi connectivity index (χ1v) is 11.7. The van der Waals surface area contributed by atoms with Crippen molar-refractivity contribution in [3.63, 3.8) is 0 Å². The zero-order valence-corrected chi connectivity index (χ0v) is 20.3. The molecule has 0 radical (unpaired) electrons. The molecule has 1 aliphatic rings. The van der Waals surface area contributed by atoms with E-state index in [1.54, 1.807) is 36.5 Å². The number of amides is 1. The van der Waals surface area contributed by atoms with E-state index in [1.165, 1.54) is 31.3 Å². The Kier molecular flexibility index (Phi) is 6.40. The van der Waals surface area contributed by atoms with E-state index in [-0.39, 0.29) is 29.3 Å². The van der Waals surface area contributed by atoms with Crippen LogP contribution < -0.4 is 9.47 Å². The fourth-order valence-corrected chi connectivity index (χ4v) is 4.87. The van der Waals surface area contributed by atoms with Crippen molar-refractivity contribution in [1.29, 1.82) is 0 Å². The van der Waals surface area contributed by atoms with Crippen molar-refractivity contribution >= 4 is 28.4 Å². The lowest BCUT2D eigenvalue weighted by atomic mass is 9.94. The molecule has 37 heavy (non-hydrogen) atoms. The number of aromatic amines is 1. The van der Waals surface area contributed by atoms with Crippen molar-refractivity contribution in [3.05, 3.63) is 101 Å². The number of likely N-dealkylation sites (tertiary alicyclic amines) is 1. The highest BCUT2D eigenvalue weighted by molar-refractivity contribution is 6.46. The fourth-order valence-electron chi connectivity index (χ4n) is 4.87. The summed E-state index contributed by atoms with van der Waals surface area (Å²) in [6, 6.07) is 17.7. The summed E-state index contributed by atoms with van der Waals surface area (Å²) >= 11 is 0. The summed E-state index contributed by atoms with van der Waals surface area (Å²) in [7, 11) is 2.90. The Morgan fingerprint density at radius 1 is 0.973 bits per heavy atom. The number of aliphatic hydroxyl groups excluding tert-OH is 1. The van der Waals surface area contributed by atoms with Gasteiger partial charge in [-0.25, -0.2) is 4.39 Å². The van der Waals surface area contributed by atoms with E-state index in [1.807, 2.05) is 24.3 Å². The normalized spacial score (nSPS) is 16.9. The molecule has 1 fully saturated rings. The van der Waals surface area contributed by atoms with Crippen LogP contribution in [0.2, 0.25) is 0 Å². The van der Waals surface area contributed by atoms with Crippen molar-refractivity contribution in [3.8, 4) is 11.5 Å². The highest BCUT2D eigenvalue weighted by atomic mass is 19.1. The summed E-state index contributed by atoms with van der Waals surface area (Å²) in [5, 5.41) is 12.4. The lowest BCUT2D eigenvalue weighted by Crippen LogP contribution is -2.31. The van der Waals surface area contributed by atoms with Crippen molar-refractivity contribution in [2.75, 3.05) is 20.8 Å². The van der Waals surface area contributed by atoms with Gasteiger partial charge in [-0.3, -0.25) is 9.59 Å². The van der Waals surface area contributed by atoms with Crippen molar-refractivity contribution < 1.29 is 28.6 Å². The van der Waals surface area contributed by atoms with E-state index in [9.17, 15) is 19.1 Å². The van der Waals surface area contributed by atoms with Crippen LogP contribution in [0, 0.1) is 5.82 Å². The van der Waals surface area contributed by atoms with Crippen LogP contribution in [0.3, 0.4) is 0 Å². The molecule has 4 aromatic rings. The minimum Gasteiger partial charge on any atom is -0.506 e. The van der Waals surface area contributed by atoms with Crippen LogP contribution in [0.25, 0.3) is 16.7 Å². The van der Waals surface area contributed by atoms with Gasteiger partial charge in [0.05, 0.1) is 25.8 Å². The number of methoxy groups -OCH3 is 2. The number of para-hydroxylation sites is 1. The van der Waals surface area contributed by atoms with Gasteiger partial charge in [0.2, 0.25) is 0 Å². The van der Waals surface area contributed by atoms with Crippen LogP contribution in [-0.4, -0.2) is 47.4 Å². The molecule has 1 unspecified atom stereocenters. The average molecular weight is 501 g/mol. The molecule has 5 rings (SSSR count). The number of benzene rings is 3. The number of halogens is 1. The van der Waals surface area contributed by atoms with Gasteiger partial charge in [-0.05, 0) is 42.3 Å². The second-order valence-corrected chi connectivity index (χ2v) is 8.70. The van der Waals surface area contributed by atoms with E-state index in [0.717, 1.165) is 16.5 Å². The first-order valence-electron chi connectivity index (χ1n) is 11.7. The van der Waals surface area contributed by atoms with Crippen molar-refractivity contribution in [2.24, 2.45) is 0 Å². The minimum absolute atomic E-state index is 0.0586. The number of hydrogen-bond donors (Lipinski definition) is 2. The van der Waals surface area contributed by atoms with Gasteiger partial charge in [-0.1, -0.05) is 36.4 Å². The second-order valence-electron chi connectivity index (χ2n) is 8.70. The van der Waals surface area contributed by atoms with E-state index < -0.39 is 17.7 Å². The van der Waals surface area contributed by atoms with Gasteiger partial charge in [0.15, 0.2) is 0 Å². The Labute approximate surface area is 212 Å². The predicted octanol–water partition coefficient (Wildman–Crippen LogP) is 4.99. The molecule has 8 heteroatoms. The van der Waals surface area contributed by atoms with Gasteiger partial charge in [-0.15, -0.1) is 0 Å². The average Bonchev–Trinajstić information content (AvgIpc) is 3.45. The number of H-pyrrole nitrogens is 1. The van der Waals surface area contributed by atoms with Gasteiger partial charge in [0, 0.05) is 29.2 Å². The smallest absolute Gasteiger partial charge is 0.295 e. The molecule has 0 bridgehead atoms. The first-order chi connectivity index (χ1) is 17.9. The van der Waals surface area contributed by atoms with Crippen LogP contribution in [0.4, 0.5) is 4.39 Å². The van der Waals surface area contributed by atoms with E-state index in [0.29, 0.717) is 23.5 Å². The Morgan fingerprint density at radius 2 is 1.65 bits per heavy atom. The molecule has 7 nitrogen and oxygen atoms in total. The molecule has 0 spiro atoms. The summed E-state index contributed by atoms with van der Waals surface area (Å²) in [6.45, 7) is 0.181. The highest BCUT2D eigenvalue weighted by Crippen LogP contribution is 2.45. The lowest BCUT2D eigenvalue weighted by molar-refractivity contribution is -0.139. The van der Waals surface area contributed by atoms with E-state index in [4.69, 9.17) is 9.47 Å². The molecule has 2 heterocycles. The van der Waals surface area contributed by atoms with Gasteiger partial charge >= 0.3 is 0 Å². The number of nitrogens with zero attached hydrogens (tertiary/aromatic N) is 1. The number of Topliss-reactive ketones (excluding diaryl/α,β-unsaturated/α-hetero) is 1. The molecule has 188 valence electrons. The summed E-state index contributed by atoms with van der Waals surface area (Å²) in [5.74, 6) is -1.67. The molecule has 2 N–H and O–H groups in total. The molecule has 1 saturated heterocycles. The number of ether oxygens (including phenoxy) is 2. The summed E-state index contributed by atoms with van der Waals surface area (Å²) in [5.41, 5.74) is 2.44. The van der Waals surface area contributed by atoms with Crippen LogP contribution in [0.15, 0.2) is 78.5 Å². The summed E-state index contributed by atoms with van der Waals surface area (Å²) < 4.78 is 24.3. The Hall–Kier alpha value is -4.59. The molecule has 1 amide bonds. The zero-order valence-electron chi connectivity index (χ0n) is 20.3. The largest absolute Gasteiger partial charge is 0.506 e. The molecule has 1 aliphatic heterocycles. The van der Waals surface area contributed by atoms with Crippen molar-refractivity contribution in [1.82, 2.24) is 9.88 Å². The number of nitrogens with one attached hydrogen (secondary N) is 1. The zero-order chi connectivity index (χ0) is 26.1. The summed E-state index contributed by atoms with van der Waals surface area (Å²) in [4.78, 5) is 31.5. The molecule has 0 saturated carbocycles. The maximum atomic E-state index is 13.5. The molecule has 0 aliphatic carbocycles. The van der Waals surface area contributed by atoms with E-state index in [2.05, 4.69) is 4.98 Å². The Bertz CT molecular complexity index is 1500. The van der Waals surface area contributed by atoms with Crippen molar-refractivity contribution in [2.45, 2.75) is 12.5 Å². The Morgan fingerprint density at radius 3 is 2.32 bits per heavy atom. The molecular formula is C29H25FN2O5. The van der Waals surface area contributed by atoms with Crippen LogP contribution in [0.5, 0.6) is 11.5 Å². The highest BCUT2D eigenvalue weighted by Gasteiger charge is 2.47. The maximum Gasteiger partial charge on any atom is 0.295 e. The minimum atomic E-state index is -0.869. The third-order valence-corrected chi connectivity index (χ3v) is 6.68. The van der Waals surface area contributed by atoms with Gasteiger partial charge in [0.25, 0.3) is 11.7 Å². The molecule has 3 aromatic carbocycles. The number of fused-ring (bicyclic) bond motifs is 1. The number of hydrogen-bond acceptors (Lipinski definition) is 5. The predicted molar refractivity (Wildman–Crippen MR) is 137 cm³/mol. The third-order valence-electron chi connectivity index (χ3n) is 6.68. The van der Waals surface area contributed by atoms with Gasteiger partial charge < -0.3 is 24.5 Å². The Balaban J connectivity index is 1.68. The number of aliphatic hydroxyl groups is 1. The topological polar surface area (TPSA) is 91.9 Å². The second kappa shape index (κ2) is 9.81.